The highest BCUT2D eigenvalue weighted by atomic mass is 16.1. The molecule has 0 aliphatic rings. The molecule has 0 saturated heterocycles. The van der Waals surface area contributed by atoms with E-state index in [9.17, 15) is 4.79 Å². The molecule has 0 amide bonds. The summed E-state index contributed by atoms with van der Waals surface area (Å²) in [7, 11) is 1.93. The Balaban J connectivity index is 2.36. The highest BCUT2D eigenvalue weighted by molar-refractivity contribution is 5.99. The molecule has 84 valence electrons. The van der Waals surface area contributed by atoms with Gasteiger partial charge in [0.1, 0.15) is 0 Å². The lowest BCUT2D eigenvalue weighted by Crippen LogP contribution is -2.19. The molecule has 1 atom stereocenters. The van der Waals surface area contributed by atoms with E-state index in [4.69, 9.17) is 5.73 Å². The number of carbonyl (C=O) groups is 1. The van der Waals surface area contributed by atoms with Crippen molar-refractivity contribution in [3.05, 3.63) is 30.1 Å². The highest BCUT2D eigenvalue weighted by Crippen LogP contribution is 2.15. The fraction of sp³-hybridized carbons (Fsp3) is 0.333. The summed E-state index contributed by atoms with van der Waals surface area (Å²) in [5.41, 5.74) is 8.16. The Hall–Kier alpha value is -1.68. The maximum atomic E-state index is 11.8. The molecule has 0 spiro atoms. The molecule has 2 rings (SSSR count). The van der Waals surface area contributed by atoms with Crippen LogP contribution in [0.1, 0.15) is 23.7 Å². The number of rotatable bonds is 3. The summed E-state index contributed by atoms with van der Waals surface area (Å²) in [5.74, 6) is 0.0718. The van der Waals surface area contributed by atoms with Crippen LogP contribution < -0.4 is 5.73 Å². The van der Waals surface area contributed by atoms with E-state index in [1.54, 1.807) is 6.33 Å². The van der Waals surface area contributed by atoms with Crippen molar-refractivity contribution in [1.29, 1.82) is 0 Å². The summed E-state index contributed by atoms with van der Waals surface area (Å²) < 4.78 is 1.93. The molecule has 4 heteroatoms. The molecule has 2 N–H and O–H groups in total. The van der Waals surface area contributed by atoms with Crippen molar-refractivity contribution in [2.45, 2.75) is 19.4 Å². The van der Waals surface area contributed by atoms with E-state index in [-0.39, 0.29) is 11.8 Å². The summed E-state index contributed by atoms with van der Waals surface area (Å²) in [4.78, 5) is 16.0. The van der Waals surface area contributed by atoms with Gasteiger partial charge in [-0.1, -0.05) is 0 Å². The monoisotopic (exact) mass is 217 g/mol. The van der Waals surface area contributed by atoms with Crippen LogP contribution in [0.2, 0.25) is 0 Å². The quantitative estimate of drug-likeness (QED) is 0.792. The van der Waals surface area contributed by atoms with Crippen LogP contribution in [0.5, 0.6) is 0 Å². The summed E-state index contributed by atoms with van der Waals surface area (Å²) >= 11 is 0. The maximum Gasteiger partial charge on any atom is 0.164 e. The minimum absolute atomic E-state index is 0.0718. The number of fused-ring (bicyclic) bond motifs is 1. The van der Waals surface area contributed by atoms with Gasteiger partial charge in [-0.3, -0.25) is 4.79 Å². The molecular formula is C12H15N3O. The smallest absolute Gasteiger partial charge is 0.164 e. The van der Waals surface area contributed by atoms with E-state index in [1.165, 1.54) is 0 Å². The molecule has 1 aromatic carbocycles. The number of Topliss-reactive ketones (excluding diaryl/α,β-unsaturated/α-hetero) is 1. The molecule has 0 bridgehead atoms. The van der Waals surface area contributed by atoms with E-state index in [2.05, 4.69) is 4.98 Å². The van der Waals surface area contributed by atoms with E-state index >= 15 is 0 Å². The molecule has 0 aliphatic heterocycles. The first-order chi connectivity index (χ1) is 7.58. The lowest BCUT2D eigenvalue weighted by molar-refractivity contribution is 0.0976. The standard InChI is InChI=1S/C12H15N3O/c1-8(13)5-12(16)9-3-4-11-10(6-9)14-7-15(11)2/h3-4,6-8H,5,13H2,1-2H3. The van der Waals surface area contributed by atoms with Gasteiger partial charge in [0.05, 0.1) is 17.4 Å². The average molecular weight is 217 g/mol. The number of hydrogen-bond donors (Lipinski definition) is 1. The maximum absolute atomic E-state index is 11.8. The summed E-state index contributed by atoms with van der Waals surface area (Å²) in [6.45, 7) is 1.83. The van der Waals surface area contributed by atoms with Gasteiger partial charge in [0, 0.05) is 25.1 Å². The van der Waals surface area contributed by atoms with Gasteiger partial charge < -0.3 is 10.3 Å². The third kappa shape index (κ3) is 1.97. The number of imidazole rings is 1. The second kappa shape index (κ2) is 4.06. The number of ketones is 1. The largest absolute Gasteiger partial charge is 0.334 e. The Bertz CT molecular complexity index is 528. The number of hydrogen-bond acceptors (Lipinski definition) is 3. The zero-order valence-electron chi connectivity index (χ0n) is 9.47. The van der Waals surface area contributed by atoms with Gasteiger partial charge in [0.15, 0.2) is 5.78 Å². The van der Waals surface area contributed by atoms with Crippen LogP contribution in [-0.2, 0) is 7.05 Å². The lowest BCUT2D eigenvalue weighted by atomic mass is 10.0. The first-order valence-corrected chi connectivity index (χ1v) is 5.28. The minimum Gasteiger partial charge on any atom is -0.334 e. The van der Waals surface area contributed by atoms with Crippen molar-refractivity contribution in [2.75, 3.05) is 0 Å². The molecule has 0 fully saturated rings. The van der Waals surface area contributed by atoms with Crippen molar-refractivity contribution < 1.29 is 4.79 Å². The molecule has 0 saturated carbocycles. The van der Waals surface area contributed by atoms with E-state index in [0.29, 0.717) is 12.0 Å². The molecule has 1 unspecified atom stereocenters. The molecule has 16 heavy (non-hydrogen) atoms. The van der Waals surface area contributed by atoms with E-state index < -0.39 is 0 Å². The van der Waals surface area contributed by atoms with Crippen LogP contribution in [-0.4, -0.2) is 21.4 Å². The van der Waals surface area contributed by atoms with Crippen molar-refractivity contribution in [3.63, 3.8) is 0 Å². The summed E-state index contributed by atoms with van der Waals surface area (Å²) in [6.07, 6.45) is 2.11. The molecule has 0 aliphatic carbocycles. The van der Waals surface area contributed by atoms with E-state index in [1.807, 2.05) is 36.7 Å². The Labute approximate surface area is 94.1 Å². The van der Waals surface area contributed by atoms with Crippen molar-refractivity contribution in [3.8, 4) is 0 Å². The molecule has 0 radical (unpaired) electrons. The Morgan fingerprint density at radius 1 is 1.56 bits per heavy atom. The number of aromatic nitrogens is 2. The fourth-order valence-corrected chi connectivity index (χ4v) is 1.72. The Morgan fingerprint density at radius 3 is 3.00 bits per heavy atom. The summed E-state index contributed by atoms with van der Waals surface area (Å²) in [6, 6.07) is 5.46. The predicted octanol–water partition coefficient (Wildman–Crippen LogP) is 1.49. The summed E-state index contributed by atoms with van der Waals surface area (Å²) in [5, 5.41) is 0. The van der Waals surface area contributed by atoms with Crippen LogP contribution in [0.25, 0.3) is 11.0 Å². The van der Waals surface area contributed by atoms with Crippen molar-refractivity contribution >= 4 is 16.8 Å². The van der Waals surface area contributed by atoms with Gasteiger partial charge in [-0.05, 0) is 25.1 Å². The minimum atomic E-state index is -0.105. The second-order valence-electron chi connectivity index (χ2n) is 4.16. The fourth-order valence-electron chi connectivity index (χ4n) is 1.72. The van der Waals surface area contributed by atoms with Gasteiger partial charge in [-0.25, -0.2) is 4.98 Å². The third-order valence-electron chi connectivity index (χ3n) is 2.55. The zero-order valence-corrected chi connectivity index (χ0v) is 9.47. The predicted molar refractivity (Wildman–Crippen MR) is 63.3 cm³/mol. The Morgan fingerprint density at radius 2 is 2.31 bits per heavy atom. The van der Waals surface area contributed by atoms with Gasteiger partial charge >= 0.3 is 0 Å². The topological polar surface area (TPSA) is 60.9 Å². The van der Waals surface area contributed by atoms with Gasteiger partial charge in [-0.15, -0.1) is 0 Å². The number of nitrogens with two attached hydrogens (primary N) is 1. The van der Waals surface area contributed by atoms with Crippen LogP contribution >= 0.6 is 0 Å². The lowest BCUT2D eigenvalue weighted by Gasteiger charge is -2.04. The third-order valence-corrected chi connectivity index (χ3v) is 2.55. The average Bonchev–Trinajstić information content (AvgIpc) is 2.59. The number of carbonyl (C=O) groups excluding carboxylic acids is 1. The van der Waals surface area contributed by atoms with Crippen LogP contribution in [0, 0.1) is 0 Å². The normalized spacial score (nSPS) is 12.9. The van der Waals surface area contributed by atoms with Crippen molar-refractivity contribution in [2.24, 2.45) is 12.8 Å². The number of aryl methyl sites for hydroxylation is 1. The highest BCUT2D eigenvalue weighted by Gasteiger charge is 2.10. The van der Waals surface area contributed by atoms with E-state index in [0.717, 1.165) is 11.0 Å². The zero-order chi connectivity index (χ0) is 11.7. The van der Waals surface area contributed by atoms with Crippen LogP contribution in [0.15, 0.2) is 24.5 Å². The number of nitrogens with zero attached hydrogens (tertiary/aromatic N) is 2. The molecule has 1 aromatic heterocycles. The molecule has 4 nitrogen and oxygen atoms in total. The van der Waals surface area contributed by atoms with Gasteiger partial charge in [0.2, 0.25) is 0 Å². The van der Waals surface area contributed by atoms with Gasteiger partial charge in [-0.2, -0.15) is 0 Å². The second-order valence-corrected chi connectivity index (χ2v) is 4.16. The molecule has 1 heterocycles. The Kier molecular flexibility index (Phi) is 2.75. The molecular weight excluding hydrogens is 202 g/mol. The van der Waals surface area contributed by atoms with Crippen molar-refractivity contribution in [1.82, 2.24) is 9.55 Å². The van der Waals surface area contributed by atoms with Gasteiger partial charge in [0.25, 0.3) is 0 Å². The first-order valence-electron chi connectivity index (χ1n) is 5.28. The van der Waals surface area contributed by atoms with Crippen LogP contribution in [0.4, 0.5) is 0 Å². The SMILES string of the molecule is CC(N)CC(=O)c1ccc2c(c1)ncn2C. The number of benzene rings is 1. The molecule has 2 aromatic rings. The van der Waals surface area contributed by atoms with Crippen LogP contribution in [0.3, 0.4) is 0 Å². The first kappa shape index (κ1) is 10.8.